The van der Waals surface area contributed by atoms with Crippen molar-refractivity contribution < 1.29 is 14.3 Å². The number of fused-ring (bicyclic) bond motifs is 1. The third-order valence-corrected chi connectivity index (χ3v) is 7.39. The number of nitrogens with zero attached hydrogens (tertiary/aromatic N) is 2. The second-order valence-corrected chi connectivity index (χ2v) is 9.93. The number of ether oxygens (including phenoxy) is 2. The summed E-state index contributed by atoms with van der Waals surface area (Å²) in [5.74, 6) is 0.767. The number of carbonyl (C=O) groups is 1. The van der Waals surface area contributed by atoms with Gasteiger partial charge in [0.05, 0.1) is 30.0 Å². The standard InChI is InChI=1S/C30H27N3O4S/c1-18-10-12-20(13-11-18)16-25-29(35)33-27(23-15-14-22(36-3)17-24(23)37-4)26(19(2)31-30(33)38-25)28(34)32-21-8-6-5-7-9-21/h5-17,27H,1-4H3,(H,32,34)/b25-16-/t27-/m0/s1. The Morgan fingerprint density at radius 2 is 1.74 bits per heavy atom. The zero-order chi connectivity index (χ0) is 26.8. The van der Waals surface area contributed by atoms with Crippen molar-refractivity contribution in [3.63, 3.8) is 0 Å². The highest BCUT2D eigenvalue weighted by molar-refractivity contribution is 7.07. The number of hydrogen-bond acceptors (Lipinski definition) is 6. The zero-order valence-corrected chi connectivity index (χ0v) is 22.3. The summed E-state index contributed by atoms with van der Waals surface area (Å²) in [7, 11) is 3.13. The number of carbonyl (C=O) groups excluding carboxylic acids is 1. The summed E-state index contributed by atoms with van der Waals surface area (Å²) >= 11 is 1.30. The highest BCUT2D eigenvalue weighted by Crippen LogP contribution is 2.37. The van der Waals surface area contributed by atoms with Crippen LogP contribution in [0.3, 0.4) is 0 Å². The van der Waals surface area contributed by atoms with Crippen molar-refractivity contribution in [1.29, 1.82) is 0 Å². The summed E-state index contributed by atoms with van der Waals surface area (Å²) in [5.41, 5.74) is 4.03. The number of aromatic nitrogens is 1. The molecule has 0 saturated heterocycles. The molecule has 1 N–H and O–H groups in total. The lowest BCUT2D eigenvalue weighted by atomic mass is 9.94. The Hall–Kier alpha value is -4.43. The quantitative estimate of drug-likeness (QED) is 0.409. The molecule has 0 fully saturated rings. The smallest absolute Gasteiger partial charge is 0.271 e. The van der Waals surface area contributed by atoms with Crippen molar-refractivity contribution in [3.8, 4) is 11.5 Å². The van der Waals surface area contributed by atoms with Crippen molar-refractivity contribution >= 4 is 29.0 Å². The van der Waals surface area contributed by atoms with Crippen molar-refractivity contribution in [2.24, 2.45) is 4.99 Å². The van der Waals surface area contributed by atoms with E-state index in [2.05, 4.69) is 5.32 Å². The summed E-state index contributed by atoms with van der Waals surface area (Å²) in [6.07, 6.45) is 1.86. The van der Waals surface area contributed by atoms with Gasteiger partial charge in [-0.25, -0.2) is 4.99 Å². The number of para-hydroxylation sites is 1. The summed E-state index contributed by atoms with van der Waals surface area (Å²) in [6, 6.07) is 21.8. The minimum absolute atomic E-state index is 0.227. The first-order chi connectivity index (χ1) is 18.4. The minimum Gasteiger partial charge on any atom is -0.497 e. The molecule has 0 bridgehead atoms. The second kappa shape index (κ2) is 10.5. The van der Waals surface area contributed by atoms with Crippen LogP contribution in [0, 0.1) is 6.92 Å². The van der Waals surface area contributed by atoms with Gasteiger partial charge in [0, 0.05) is 17.3 Å². The van der Waals surface area contributed by atoms with Crippen LogP contribution in [-0.2, 0) is 4.79 Å². The van der Waals surface area contributed by atoms with Crippen LogP contribution in [0.25, 0.3) is 6.08 Å². The predicted molar refractivity (Wildman–Crippen MR) is 150 cm³/mol. The molecule has 1 aromatic heterocycles. The van der Waals surface area contributed by atoms with Gasteiger partial charge < -0.3 is 14.8 Å². The van der Waals surface area contributed by atoms with Gasteiger partial charge in [-0.15, -0.1) is 0 Å². The van der Waals surface area contributed by atoms with Crippen LogP contribution in [-0.4, -0.2) is 24.7 Å². The average Bonchev–Trinajstić information content (AvgIpc) is 3.23. The van der Waals surface area contributed by atoms with E-state index in [1.54, 1.807) is 37.8 Å². The molecule has 0 spiro atoms. The van der Waals surface area contributed by atoms with E-state index in [1.807, 2.05) is 73.7 Å². The van der Waals surface area contributed by atoms with Crippen LogP contribution < -0.4 is 29.7 Å². The van der Waals surface area contributed by atoms with Crippen LogP contribution in [0.4, 0.5) is 5.69 Å². The van der Waals surface area contributed by atoms with Gasteiger partial charge in [0.25, 0.3) is 11.5 Å². The fourth-order valence-corrected chi connectivity index (χ4v) is 5.53. The van der Waals surface area contributed by atoms with E-state index in [1.165, 1.54) is 11.3 Å². The summed E-state index contributed by atoms with van der Waals surface area (Å²) in [6.45, 7) is 3.81. The minimum atomic E-state index is -0.754. The summed E-state index contributed by atoms with van der Waals surface area (Å²) < 4.78 is 13.2. The van der Waals surface area contributed by atoms with Gasteiger partial charge in [0.2, 0.25) is 0 Å². The Balaban J connectivity index is 1.72. The highest BCUT2D eigenvalue weighted by Gasteiger charge is 2.34. The largest absolute Gasteiger partial charge is 0.497 e. The van der Waals surface area contributed by atoms with Gasteiger partial charge in [0.15, 0.2) is 4.80 Å². The van der Waals surface area contributed by atoms with E-state index in [0.29, 0.717) is 43.4 Å². The Labute approximate surface area is 224 Å². The number of methoxy groups -OCH3 is 2. The molecule has 192 valence electrons. The fourth-order valence-electron chi connectivity index (χ4n) is 4.48. The van der Waals surface area contributed by atoms with E-state index < -0.39 is 6.04 Å². The van der Waals surface area contributed by atoms with Crippen LogP contribution in [0.1, 0.15) is 29.7 Å². The first kappa shape index (κ1) is 25.2. The van der Waals surface area contributed by atoms with Crippen molar-refractivity contribution in [1.82, 2.24) is 4.57 Å². The molecule has 0 aliphatic carbocycles. The predicted octanol–water partition coefficient (Wildman–Crippen LogP) is 4.20. The van der Waals surface area contributed by atoms with E-state index >= 15 is 0 Å². The Morgan fingerprint density at radius 1 is 1.00 bits per heavy atom. The first-order valence-electron chi connectivity index (χ1n) is 12.1. The SMILES string of the molecule is COc1ccc([C@H]2C(C(=O)Nc3ccccc3)=C(C)N=c3s/c(=C\c4ccc(C)cc4)c(=O)n32)c(OC)c1. The number of benzene rings is 3. The number of hydrogen-bond donors (Lipinski definition) is 1. The zero-order valence-electron chi connectivity index (χ0n) is 21.5. The summed E-state index contributed by atoms with van der Waals surface area (Å²) in [4.78, 5) is 32.8. The van der Waals surface area contributed by atoms with Crippen LogP contribution in [0.15, 0.2) is 93.9 Å². The number of anilines is 1. The molecular weight excluding hydrogens is 498 g/mol. The molecular formula is C30H27N3O4S. The average molecular weight is 526 g/mol. The molecule has 5 rings (SSSR count). The molecule has 8 heteroatoms. The molecule has 1 atom stereocenters. The molecule has 3 aromatic carbocycles. The first-order valence-corrected chi connectivity index (χ1v) is 12.9. The van der Waals surface area contributed by atoms with E-state index in [0.717, 1.165) is 11.1 Å². The van der Waals surface area contributed by atoms with Gasteiger partial charge in [-0.3, -0.25) is 14.2 Å². The Kier molecular flexibility index (Phi) is 6.98. The van der Waals surface area contributed by atoms with E-state index in [4.69, 9.17) is 14.5 Å². The molecule has 1 aliphatic rings. The maximum absolute atomic E-state index is 13.9. The normalized spacial score (nSPS) is 15.1. The lowest BCUT2D eigenvalue weighted by Crippen LogP contribution is -2.40. The number of rotatable bonds is 6. The topological polar surface area (TPSA) is 81.9 Å². The lowest BCUT2D eigenvalue weighted by molar-refractivity contribution is -0.113. The van der Waals surface area contributed by atoms with Gasteiger partial charge in [0.1, 0.15) is 17.5 Å². The molecule has 1 aliphatic heterocycles. The molecule has 0 saturated carbocycles. The van der Waals surface area contributed by atoms with Gasteiger partial charge in [-0.1, -0.05) is 59.4 Å². The third-order valence-electron chi connectivity index (χ3n) is 6.41. The molecule has 0 radical (unpaired) electrons. The Bertz CT molecular complexity index is 1720. The van der Waals surface area contributed by atoms with Crippen LogP contribution >= 0.6 is 11.3 Å². The van der Waals surface area contributed by atoms with E-state index in [-0.39, 0.29) is 11.5 Å². The second-order valence-electron chi connectivity index (χ2n) is 8.92. The molecule has 0 unspecified atom stereocenters. The van der Waals surface area contributed by atoms with Gasteiger partial charge >= 0.3 is 0 Å². The number of amides is 1. The number of allylic oxidation sites excluding steroid dienone is 1. The number of thiazole rings is 1. The molecule has 7 nitrogen and oxygen atoms in total. The van der Waals surface area contributed by atoms with Crippen LogP contribution in [0.5, 0.6) is 11.5 Å². The maximum atomic E-state index is 13.9. The van der Waals surface area contributed by atoms with Gasteiger partial charge in [-0.2, -0.15) is 0 Å². The Morgan fingerprint density at radius 3 is 2.42 bits per heavy atom. The number of nitrogens with one attached hydrogen (secondary N) is 1. The molecule has 4 aromatic rings. The monoisotopic (exact) mass is 525 g/mol. The maximum Gasteiger partial charge on any atom is 0.271 e. The molecule has 1 amide bonds. The van der Waals surface area contributed by atoms with E-state index in [9.17, 15) is 9.59 Å². The van der Waals surface area contributed by atoms with Crippen molar-refractivity contribution in [3.05, 3.63) is 120 Å². The molecule has 38 heavy (non-hydrogen) atoms. The van der Waals surface area contributed by atoms with Gasteiger partial charge in [-0.05, 0) is 49.8 Å². The molecule has 2 heterocycles. The summed E-state index contributed by atoms with van der Waals surface area (Å²) in [5, 5.41) is 2.96. The van der Waals surface area contributed by atoms with Crippen molar-refractivity contribution in [2.75, 3.05) is 19.5 Å². The third kappa shape index (κ3) is 4.78. The fraction of sp³-hybridized carbons (Fsp3) is 0.167. The highest BCUT2D eigenvalue weighted by atomic mass is 32.1. The van der Waals surface area contributed by atoms with Crippen LogP contribution in [0.2, 0.25) is 0 Å². The van der Waals surface area contributed by atoms with Crippen molar-refractivity contribution in [2.45, 2.75) is 19.9 Å². The lowest BCUT2D eigenvalue weighted by Gasteiger charge is -2.26. The number of aryl methyl sites for hydroxylation is 1.